The topological polar surface area (TPSA) is 80.3 Å². The van der Waals surface area contributed by atoms with Crippen molar-refractivity contribution in [3.05, 3.63) is 35.8 Å². The Hall–Kier alpha value is -1.58. The summed E-state index contributed by atoms with van der Waals surface area (Å²) in [5.74, 6) is 3.49. The molecule has 0 spiro atoms. The van der Waals surface area contributed by atoms with Crippen molar-refractivity contribution in [2.45, 2.75) is 32.9 Å². The fourth-order valence-electron chi connectivity index (χ4n) is 2.74. The van der Waals surface area contributed by atoms with E-state index in [-0.39, 0.29) is 24.0 Å². The van der Waals surface area contributed by atoms with Crippen LogP contribution in [0.5, 0.6) is 0 Å². The molecule has 8 heteroatoms. The zero-order valence-electron chi connectivity index (χ0n) is 13.5. The highest BCUT2D eigenvalue weighted by Crippen LogP contribution is 2.19. The lowest BCUT2D eigenvalue weighted by molar-refractivity contribution is 0.358. The van der Waals surface area contributed by atoms with Gasteiger partial charge in [0.25, 0.3) is 0 Å². The number of furan rings is 1. The number of aromatic nitrogens is 3. The molecule has 0 bridgehead atoms. The van der Waals surface area contributed by atoms with Gasteiger partial charge < -0.3 is 19.6 Å². The summed E-state index contributed by atoms with van der Waals surface area (Å²) < 4.78 is 7.28. The van der Waals surface area contributed by atoms with Crippen LogP contribution in [0.2, 0.25) is 0 Å². The molecule has 1 atom stereocenters. The second-order valence-corrected chi connectivity index (χ2v) is 5.62. The number of rotatable bonds is 4. The van der Waals surface area contributed by atoms with Crippen molar-refractivity contribution in [1.82, 2.24) is 25.4 Å². The predicted molar refractivity (Wildman–Crippen MR) is 98.9 cm³/mol. The van der Waals surface area contributed by atoms with Gasteiger partial charge in [0, 0.05) is 38.7 Å². The Morgan fingerprint density at radius 1 is 1.43 bits per heavy atom. The highest BCUT2D eigenvalue weighted by molar-refractivity contribution is 14.0. The summed E-state index contributed by atoms with van der Waals surface area (Å²) in [5.41, 5.74) is 1.10. The van der Waals surface area contributed by atoms with Crippen LogP contribution < -0.4 is 10.6 Å². The van der Waals surface area contributed by atoms with Crippen molar-refractivity contribution >= 4 is 29.9 Å². The lowest BCUT2D eigenvalue weighted by Crippen LogP contribution is -2.41. The number of hydrogen-bond donors (Lipinski definition) is 2. The third-order valence-corrected chi connectivity index (χ3v) is 4.05. The molecule has 2 aromatic heterocycles. The Bertz CT molecular complexity index is 636. The van der Waals surface area contributed by atoms with Crippen LogP contribution in [0.3, 0.4) is 0 Å². The van der Waals surface area contributed by atoms with E-state index in [1.807, 2.05) is 13.0 Å². The molecule has 0 saturated heterocycles. The fourth-order valence-corrected chi connectivity index (χ4v) is 2.74. The zero-order chi connectivity index (χ0) is 15.4. The summed E-state index contributed by atoms with van der Waals surface area (Å²) in [6.07, 6.45) is 5.53. The minimum atomic E-state index is 0. The summed E-state index contributed by atoms with van der Waals surface area (Å²) in [7, 11) is 1.79. The molecule has 0 fully saturated rings. The molecule has 1 aliphatic heterocycles. The second-order valence-electron chi connectivity index (χ2n) is 5.62. The fraction of sp³-hybridized carbons (Fsp3) is 0.533. The maximum atomic E-state index is 5.06. The van der Waals surface area contributed by atoms with Gasteiger partial charge in [-0.05, 0) is 25.3 Å². The van der Waals surface area contributed by atoms with E-state index in [0.717, 1.165) is 49.1 Å². The van der Waals surface area contributed by atoms with E-state index >= 15 is 0 Å². The number of nitrogens with one attached hydrogen (secondary N) is 2. The number of hydrogen-bond acceptors (Lipinski definition) is 4. The Morgan fingerprint density at radius 3 is 3.04 bits per heavy atom. The molecular formula is C15H23IN6O. The predicted octanol–water partition coefficient (Wildman–Crippen LogP) is 1.73. The van der Waals surface area contributed by atoms with Crippen LogP contribution in [0.4, 0.5) is 0 Å². The Labute approximate surface area is 153 Å². The highest BCUT2D eigenvalue weighted by atomic mass is 127. The van der Waals surface area contributed by atoms with Gasteiger partial charge in [-0.1, -0.05) is 0 Å². The summed E-state index contributed by atoms with van der Waals surface area (Å²) in [6.45, 7) is 4.58. The number of fused-ring (bicyclic) bond motifs is 1. The largest absolute Gasteiger partial charge is 0.472 e. The lowest BCUT2D eigenvalue weighted by Gasteiger charge is -2.25. The first kappa shape index (κ1) is 17.8. The van der Waals surface area contributed by atoms with Crippen LogP contribution in [-0.2, 0) is 19.5 Å². The molecule has 0 saturated carbocycles. The Kier molecular flexibility index (Phi) is 6.43. The van der Waals surface area contributed by atoms with E-state index in [9.17, 15) is 0 Å². The third kappa shape index (κ3) is 4.46. The molecule has 7 nitrogen and oxygen atoms in total. The van der Waals surface area contributed by atoms with Crippen LogP contribution in [-0.4, -0.2) is 34.3 Å². The molecule has 2 aromatic rings. The van der Waals surface area contributed by atoms with Gasteiger partial charge in [0.2, 0.25) is 0 Å². The summed E-state index contributed by atoms with van der Waals surface area (Å²) in [6, 6.07) is 1.94. The minimum absolute atomic E-state index is 0. The maximum absolute atomic E-state index is 5.06. The van der Waals surface area contributed by atoms with Crippen LogP contribution in [0.15, 0.2) is 28.0 Å². The van der Waals surface area contributed by atoms with E-state index in [2.05, 4.69) is 30.4 Å². The third-order valence-electron chi connectivity index (χ3n) is 4.05. The molecule has 1 aliphatic rings. The summed E-state index contributed by atoms with van der Waals surface area (Å²) in [5, 5.41) is 15.0. The quantitative estimate of drug-likeness (QED) is 0.439. The van der Waals surface area contributed by atoms with Gasteiger partial charge in [-0.3, -0.25) is 4.99 Å². The standard InChI is InChI=1S/C15H22N6O.HI/c1-11-19-20-14-4-3-12(9-21(11)14)7-17-15(16-2)18-8-13-5-6-22-10-13;/h5-6,10,12H,3-4,7-9H2,1-2H3,(H2,16,17,18);1H. The van der Waals surface area contributed by atoms with Crippen molar-refractivity contribution < 1.29 is 4.42 Å². The molecule has 23 heavy (non-hydrogen) atoms. The second kappa shape index (κ2) is 8.32. The van der Waals surface area contributed by atoms with Gasteiger partial charge >= 0.3 is 0 Å². The van der Waals surface area contributed by atoms with Crippen LogP contribution in [0.1, 0.15) is 23.6 Å². The van der Waals surface area contributed by atoms with Gasteiger partial charge in [0.05, 0.1) is 12.5 Å². The van der Waals surface area contributed by atoms with E-state index in [4.69, 9.17) is 4.42 Å². The van der Waals surface area contributed by atoms with Crippen molar-refractivity contribution in [2.75, 3.05) is 13.6 Å². The number of aryl methyl sites for hydroxylation is 2. The van der Waals surface area contributed by atoms with Crippen molar-refractivity contribution in [2.24, 2.45) is 10.9 Å². The van der Waals surface area contributed by atoms with Crippen molar-refractivity contribution in [3.8, 4) is 0 Å². The van der Waals surface area contributed by atoms with Gasteiger partial charge in [-0.2, -0.15) is 0 Å². The molecule has 0 radical (unpaired) electrons. The first-order valence-electron chi connectivity index (χ1n) is 7.60. The molecule has 0 aromatic carbocycles. The Morgan fingerprint density at radius 2 is 2.30 bits per heavy atom. The van der Waals surface area contributed by atoms with Crippen LogP contribution >= 0.6 is 24.0 Å². The van der Waals surface area contributed by atoms with Gasteiger partial charge in [0.15, 0.2) is 5.96 Å². The number of guanidine groups is 1. The number of nitrogens with zero attached hydrogens (tertiary/aromatic N) is 4. The average Bonchev–Trinajstić information content (AvgIpc) is 3.18. The smallest absolute Gasteiger partial charge is 0.191 e. The molecule has 0 amide bonds. The normalized spacial score (nSPS) is 17.3. The van der Waals surface area contributed by atoms with E-state index in [1.165, 1.54) is 0 Å². The number of halogens is 1. The molecular weight excluding hydrogens is 407 g/mol. The molecule has 126 valence electrons. The molecule has 1 unspecified atom stereocenters. The van der Waals surface area contributed by atoms with Crippen molar-refractivity contribution in [3.63, 3.8) is 0 Å². The van der Waals surface area contributed by atoms with Gasteiger partial charge in [-0.25, -0.2) is 0 Å². The van der Waals surface area contributed by atoms with Gasteiger partial charge in [-0.15, -0.1) is 34.2 Å². The summed E-state index contributed by atoms with van der Waals surface area (Å²) >= 11 is 0. The molecule has 2 N–H and O–H groups in total. The SMILES string of the molecule is CN=C(NCc1ccoc1)NCC1CCc2nnc(C)n2C1.I. The number of aliphatic imine (C=N–C) groups is 1. The monoisotopic (exact) mass is 430 g/mol. The van der Waals surface area contributed by atoms with Crippen LogP contribution in [0.25, 0.3) is 0 Å². The highest BCUT2D eigenvalue weighted by Gasteiger charge is 2.21. The first-order valence-corrected chi connectivity index (χ1v) is 7.60. The zero-order valence-corrected chi connectivity index (χ0v) is 15.8. The van der Waals surface area contributed by atoms with E-state index in [1.54, 1.807) is 19.6 Å². The first-order chi connectivity index (χ1) is 10.8. The molecule has 3 heterocycles. The Balaban J connectivity index is 0.00000192. The van der Waals surface area contributed by atoms with E-state index in [0.29, 0.717) is 12.5 Å². The minimum Gasteiger partial charge on any atom is -0.472 e. The maximum Gasteiger partial charge on any atom is 0.191 e. The summed E-state index contributed by atoms with van der Waals surface area (Å²) in [4.78, 5) is 4.26. The molecule has 0 aliphatic carbocycles. The lowest BCUT2D eigenvalue weighted by atomic mass is 9.99. The van der Waals surface area contributed by atoms with Crippen molar-refractivity contribution in [1.29, 1.82) is 0 Å². The van der Waals surface area contributed by atoms with E-state index < -0.39 is 0 Å². The molecule has 3 rings (SSSR count). The average molecular weight is 430 g/mol. The van der Waals surface area contributed by atoms with Gasteiger partial charge in [0.1, 0.15) is 11.6 Å². The van der Waals surface area contributed by atoms with Crippen LogP contribution in [0, 0.1) is 12.8 Å².